The van der Waals surface area contributed by atoms with Gasteiger partial charge in [-0.05, 0) is 50.9 Å². The molecule has 1 atom stereocenters. The number of nitrogens with zero attached hydrogens (tertiary/aromatic N) is 2. The lowest BCUT2D eigenvalue weighted by Gasteiger charge is -2.41. The second-order valence-corrected chi connectivity index (χ2v) is 8.42. The van der Waals surface area contributed by atoms with Crippen LogP contribution in [0.1, 0.15) is 64.2 Å². The van der Waals surface area contributed by atoms with Crippen LogP contribution in [0.4, 0.5) is 0 Å². The Morgan fingerprint density at radius 3 is 2.52 bits per heavy atom. The van der Waals surface area contributed by atoms with Gasteiger partial charge in [-0.25, -0.2) is 0 Å². The number of amides is 2. The number of rotatable bonds is 3. The van der Waals surface area contributed by atoms with E-state index in [0.29, 0.717) is 24.3 Å². The molecule has 4 nitrogen and oxygen atoms in total. The van der Waals surface area contributed by atoms with Gasteiger partial charge in [-0.15, -0.1) is 0 Å². The second kappa shape index (κ2) is 6.10. The molecule has 2 saturated carbocycles. The molecule has 4 aliphatic rings. The molecule has 23 heavy (non-hydrogen) atoms. The van der Waals surface area contributed by atoms with Gasteiger partial charge in [0.05, 0.1) is 5.41 Å². The van der Waals surface area contributed by atoms with E-state index >= 15 is 0 Å². The first kappa shape index (κ1) is 15.5. The van der Waals surface area contributed by atoms with Crippen LogP contribution in [0.15, 0.2) is 0 Å². The average Bonchev–Trinajstić information content (AvgIpc) is 3.34. The van der Waals surface area contributed by atoms with Crippen LogP contribution >= 0.6 is 0 Å². The molecule has 4 fully saturated rings. The van der Waals surface area contributed by atoms with Crippen molar-refractivity contribution in [1.82, 2.24) is 9.80 Å². The van der Waals surface area contributed by atoms with Gasteiger partial charge >= 0.3 is 0 Å². The fraction of sp³-hybridized carbons (Fsp3) is 0.895. The molecule has 128 valence electrons. The molecular formula is C19H30N2O2. The summed E-state index contributed by atoms with van der Waals surface area (Å²) in [5.41, 5.74) is -0.239. The van der Waals surface area contributed by atoms with E-state index in [1.165, 1.54) is 32.1 Å². The molecular weight excluding hydrogens is 288 g/mol. The summed E-state index contributed by atoms with van der Waals surface area (Å²) in [6.07, 6.45) is 11.7. The zero-order chi connectivity index (χ0) is 15.9. The molecule has 4 rings (SSSR count). The van der Waals surface area contributed by atoms with E-state index in [9.17, 15) is 9.59 Å². The van der Waals surface area contributed by atoms with Crippen LogP contribution in [0.5, 0.6) is 0 Å². The molecule has 0 aromatic heterocycles. The van der Waals surface area contributed by atoms with Crippen LogP contribution in [-0.4, -0.2) is 47.8 Å². The highest BCUT2D eigenvalue weighted by molar-refractivity contribution is 5.87. The number of piperidine rings is 1. The predicted octanol–water partition coefficient (Wildman–Crippen LogP) is 2.82. The molecule has 2 saturated heterocycles. The molecule has 0 aromatic rings. The van der Waals surface area contributed by atoms with E-state index in [2.05, 4.69) is 4.90 Å². The fourth-order valence-corrected chi connectivity index (χ4v) is 5.04. The van der Waals surface area contributed by atoms with E-state index in [1.54, 1.807) is 0 Å². The lowest BCUT2D eigenvalue weighted by Crippen LogP contribution is -2.51. The highest BCUT2D eigenvalue weighted by Crippen LogP contribution is 2.42. The van der Waals surface area contributed by atoms with Crippen LogP contribution in [0.2, 0.25) is 0 Å². The molecule has 4 heteroatoms. The molecule has 2 aliphatic carbocycles. The Morgan fingerprint density at radius 1 is 1.00 bits per heavy atom. The van der Waals surface area contributed by atoms with Crippen molar-refractivity contribution in [3.8, 4) is 0 Å². The molecule has 2 aliphatic heterocycles. The average molecular weight is 318 g/mol. The molecule has 0 bridgehead atoms. The van der Waals surface area contributed by atoms with E-state index in [1.807, 2.05) is 4.90 Å². The second-order valence-electron chi connectivity index (χ2n) is 8.42. The number of carbonyl (C=O) groups excluding carboxylic acids is 2. The van der Waals surface area contributed by atoms with Crippen molar-refractivity contribution < 1.29 is 9.59 Å². The summed E-state index contributed by atoms with van der Waals surface area (Å²) in [7, 11) is 0. The summed E-state index contributed by atoms with van der Waals surface area (Å²) < 4.78 is 0. The minimum atomic E-state index is -0.239. The molecule has 0 aromatic carbocycles. The Hall–Kier alpha value is -1.06. The standard InChI is InChI=1S/C19H30N2O2/c22-17(16-7-8-16)21-12-10-19(14-21)9-4-11-20(18(19)23)13-15-5-2-1-3-6-15/h15-16H,1-14H2/t19-/m0/s1. The Balaban J connectivity index is 1.40. The van der Waals surface area contributed by atoms with Crippen molar-refractivity contribution in [3.05, 3.63) is 0 Å². The molecule has 2 heterocycles. The van der Waals surface area contributed by atoms with Crippen LogP contribution in [-0.2, 0) is 9.59 Å². The van der Waals surface area contributed by atoms with E-state index in [-0.39, 0.29) is 11.3 Å². The van der Waals surface area contributed by atoms with Crippen LogP contribution in [0.25, 0.3) is 0 Å². The van der Waals surface area contributed by atoms with Gasteiger partial charge in [0.15, 0.2) is 0 Å². The fourth-order valence-electron chi connectivity index (χ4n) is 5.04. The SMILES string of the molecule is O=C(C1CC1)N1CC[C@@]2(CCCN(CC3CCCCC3)C2=O)C1. The first-order valence-corrected chi connectivity index (χ1v) is 9.76. The lowest BCUT2D eigenvalue weighted by molar-refractivity contribution is -0.147. The Kier molecular flexibility index (Phi) is 4.10. The number of carbonyl (C=O) groups is 2. The first-order valence-electron chi connectivity index (χ1n) is 9.76. The molecule has 1 spiro atoms. The van der Waals surface area contributed by atoms with Crippen molar-refractivity contribution >= 4 is 11.8 Å². The molecule has 0 N–H and O–H groups in total. The van der Waals surface area contributed by atoms with Crippen molar-refractivity contribution in [1.29, 1.82) is 0 Å². The van der Waals surface area contributed by atoms with Gasteiger partial charge in [-0.2, -0.15) is 0 Å². The third-order valence-electron chi connectivity index (χ3n) is 6.62. The van der Waals surface area contributed by atoms with Gasteiger partial charge in [0.1, 0.15) is 0 Å². The quantitative estimate of drug-likeness (QED) is 0.803. The lowest BCUT2D eigenvalue weighted by atomic mass is 9.77. The van der Waals surface area contributed by atoms with Gasteiger partial charge in [0.2, 0.25) is 11.8 Å². The summed E-state index contributed by atoms with van der Waals surface area (Å²) in [6, 6.07) is 0. The van der Waals surface area contributed by atoms with Crippen LogP contribution < -0.4 is 0 Å². The van der Waals surface area contributed by atoms with Crippen LogP contribution in [0, 0.1) is 17.3 Å². The maximum absolute atomic E-state index is 13.2. The van der Waals surface area contributed by atoms with E-state index in [4.69, 9.17) is 0 Å². The molecule has 0 unspecified atom stereocenters. The number of likely N-dealkylation sites (tertiary alicyclic amines) is 2. The Labute approximate surface area is 139 Å². The zero-order valence-electron chi connectivity index (χ0n) is 14.3. The van der Waals surface area contributed by atoms with Crippen molar-refractivity contribution in [2.24, 2.45) is 17.3 Å². The summed E-state index contributed by atoms with van der Waals surface area (Å²) in [5.74, 6) is 1.68. The maximum atomic E-state index is 13.2. The molecule has 0 radical (unpaired) electrons. The van der Waals surface area contributed by atoms with Gasteiger partial charge in [0, 0.05) is 32.1 Å². The summed E-state index contributed by atoms with van der Waals surface area (Å²) in [5, 5.41) is 0. The largest absolute Gasteiger partial charge is 0.342 e. The number of hydrogen-bond acceptors (Lipinski definition) is 2. The van der Waals surface area contributed by atoms with Gasteiger partial charge in [-0.3, -0.25) is 9.59 Å². The first-order chi connectivity index (χ1) is 11.2. The van der Waals surface area contributed by atoms with Crippen molar-refractivity contribution in [3.63, 3.8) is 0 Å². The highest BCUT2D eigenvalue weighted by Gasteiger charge is 2.50. The maximum Gasteiger partial charge on any atom is 0.230 e. The van der Waals surface area contributed by atoms with Crippen LogP contribution in [0.3, 0.4) is 0 Å². The van der Waals surface area contributed by atoms with Gasteiger partial charge in [0.25, 0.3) is 0 Å². The minimum absolute atomic E-state index is 0.239. The molecule has 2 amide bonds. The van der Waals surface area contributed by atoms with Gasteiger partial charge in [-0.1, -0.05) is 19.3 Å². The van der Waals surface area contributed by atoms with Gasteiger partial charge < -0.3 is 9.80 Å². The normalized spacial score (nSPS) is 32.8. The summed E-state index contributed by atoms with van der Waals surface area (Å²) in [4.78, 5) is 29.7. The zero-order valence-corrected chi connectivity index (χ0v) is 14.3. The van der Waals surface area contributed by atoms with Crippen molar-refractivity contribution in [2.75, 3.05) is 26.2 Å². The third-order valence-corrected chi connectivity index (χ3v) is 6.62. The van der Waals surface area contributed by atoms with Crippen molar-refractivity contribution in [2.45, 2.75) is 64.2 Å². The monoisotopic (exact) mass is 318 g/mol. The predicted molar refractivity (Wildman–Crippen MR) is 88.7 cm³/mol. The number of hydrogen-bond donors (Lipinski definition) is 0. The summed E-state index contributed by atoms with van der Waals surface area (Å²) in [6.45, 7) is 3.41. The summed E-state index contributed by atoms with van der Waals surface area (Å²) >= 11 is 0. The topological polar surface area (TPSA) is 40.6 Å². The third kappa shape index (κ3) is 3.01. The highest BCUT2D eigenvalue weighted by atomic mass is 16.2. The van der Waals surface area contributed by atoms with E-state index in [0.717, 1.165) is 51.7 Å². The smallest absolute Gasteiger partial charge is 0.230 e. The van der Waals surface area contributed by atoms with E-state index < -0.39 is 0 Å². The Morgan fingerprint density at radius 2 is 1.78 bits per heavy atom. The minimum Gasteiger partial charge on any atom is -0.342 e. The Bertz CT molecular complexity index is 482.